The summed E-state index contributed by atoms with van der Waals surface area (Å²) in [4.78, 5) is 5.39. The molecule has 1 aliphatic carbocycles. The molecule has 118 valence electrons. The topological polar surface area (TPSA) is 53.6 Å². The molecule has 0 bridgehead atoms. The Morgan fingerprint density at radius 1 is 1.26 bits per heavy atom. The Balaban J connectivity index is 1.49. The quantitative estimate of drug-likeness (QED) is 0.675. The zero-order chi connectivity index (χ0) is 15.8. The fourth-order valence-electron chi connectivity index (χ4n) is 2.95. The van der Waals surface area contributed by atoms with Gasteiger partial charge in [-0.2, -0.15) is 5.10 Å². The molecule has 0 spiro atoms. The first kappa shape index (κ1) is 15.3. The number of fused-ring (bicyclic) bond motifs is 3. The van der Waals surface area contributed by atoms with Gasteiger partial charge in [0.2, 0.25) is 0 Å². The van der Waals surface area contributed by atoms with E-state index in [0.717, 1.165) is 35.2 Å². The highest BCUT2D eigenvalue weighted by molar-refractivity contribution is 7.97. The molecule has 1 atom stereocenters. The van der Waals surface area contributed by atoms with Gasteiger partial charge in [-0.25, -0.2) is 4.98 Å². The van der Waals surface area contributed by atoms with Crippen molar-refractivity contribution >= 4 is 46.2 Å². The van der Waals surface area contributed by atoms with Crippen molar-refractivity contribution in [2.75, 3.05) is 0 Å². The standard InChI is InChI=1S/C16H14Cl2N4S/c17-10-1-4-14(18)15(6-10)23-22-11-2-3-12-9(5-11)7-19-16-13(12)8-20-21-16/h1,4,6-8,11,22H,2-3,5H2,(H,19,20,21). The van der Waals surface area contributed by atoms with Crippen molar-refractivity contribution in [3.63, 3.8) is 0 Å². The van der Waals surface area contributed by atoms with E-state index in [4.69, 9.17) is 23.2 Å². The number of benzene rings is 1. The number of halogens is 2. The zero-order valence-electron chi connectivity index (χ0n) is 12.1. The van der Waals surface area contributed by atoms with Gasteiger partial charge in [0.05, 0.1) is 11.2 Å². The molecule has 4 nitrogen and oxygen atoms in total. The minimum absolute atomic E-state index is 0.383. The van der Waals surface area contributed by atoms with Gasteiger partial charge in [-0.1, -0.05) is 23.2 Å². The van der Waals surface area contributed by atoms with Crippen LogP contribution in [-0.4, -0.2) is 21.2 Å². The second-order valence-corrected chi connectivity index (χ2v) is 7.35. The molecule has 3 aromatic rings. The van der Waals surface area contributed by atoms with E-state index in [9.17, 15) is 0 Å². The molecule has 1 aromatic carbocycles. The lowest BCUT2D eigenvalue weighted by Gasteiger charge is -2.25. The maximum atomic E-state index is 6.21. The molecular weight excluding hydrogens is 351 g/mol. The Hall–Kier alpha value is -1.27. The molecule has 1 aliphatic rings. The number of H-pyrrole nitrogens is 1. The average molecular weight is 365 g/mol. The third kappa shape index (κ3) is 3.06. The molecule has 1 unspecified atom stereocenters. The van der Waals surface area contributed by atoms with Crippen LogP contribution in [0.15, 0.2) is 35.5 Å². The molecule has 2 heterocycles. The van der Waals surface area contributed by atoms with Crippen molar-refractivity contribution in [1.82, 2.24) is 19.9 Å². The Bertz CT molecular complexity index is 864. The molecule has 0 amide bonds. The smallest absolute Gasteiger partial charge is 0.155 e. The summed E-state index contributed by atoms with van der Waals surface area (Å²) in [6, 6.07) is 5.89. The van der Waals surface area contributed by atoms with Crippen molar-refractivity contribution in [2.24, 2.45) is 0 Å². The summed E-state index contributed by atoms with van der Waals surface area (Å²) < 4.78 is 3.51. The molecule has 0 saturated carbocycles. The van der Waals surface area contributed by atoms with E-state index in [2.05, 4.69) is 19.9 Å². The lowest BCUT2D eigenvalue weighted by Crippen LogP contribution is -2.30. The average Bonchev–Trinajstić information content (AvgIpc) is 3.04. The molecule has 4 rings (SSSR count). The minimum Gasteiger partial charge on any atom is -0.261 e. The van der Waals surface area contributed by atoms with E-state index in [1.54, 1.807) is 18.0 Å². The Morgan fingerprint density at radius 3 is 3.09 bits per heavy atom. The molecule has 2 aromatic heterocycles. The Kier molecular flexibility index (Phi) is 4.20. The van der Waals surface area contributed by atoms with Crippen LogP contribution < -0.4 is 4.72 Å². The summed E-state index contributed by atoms with van der Waals surface area (Å²) in [5.41, 5.74) is 3.53. The summed E-state index contributed by atoms with van der Waals surface area (Å²) in [5.74, 6) is 0. The second kappa shape index (κ2) is 6.32. The summed E-state index contributed by atoms with van der Waals surface area (Å²) in [6.45, 7) is 0. The second-order valence-electron chi connectivity index (χ2n) is 5.63. The summed E-state index contributed by atoms with van der Waals surface area (Å²) in [7, 11) is 0. The Labute approximate surface area is 148 Å². The third-order valence-corrected chi connectivity index (χ3v) is 5.80. The maximum Gasteiger partial charge on any atom is 0.155 e. The van der Waals surface area contributed by atoms with Gasteiger partial charge in [0.1, 0.15) is 0 Å². The van der Waals surface area contributed by atoms with Crippen LogP contribution in [0.3, 0.4) is 0 Å². The van der Waals surface area contributed by atoms with Gasteiger partial charge in [0, 0.05) is 27.5 Å². The summed E-state index contributed by atoms with van der Waals surface area (Å²) >= 11 is 13.8. The molecule has 0 aliphatic heterocycles. The number of nitrogens with zero attached hydrogens (tertiary/aromatic N) is 2. The van der Waals surface area contributed by atoms with Crippen LogP contribution in [-0.2, 0) is 12.8 Å². The SMILES string of the molecule is Clc1ccc(Cl)c(SNC2CCc3c(cnc4[nH]ncc34)C2)c1. The molecule has 2 N–H and O–H groups in total. The molecule has 7 heteroatoms. The van der Waals surface area contributed by atoms with Crippen molar-refractivity contribution < 1.29 is 0 Å². The first-order valence-corrected chi connectivity index (χ1v) is 8.95. The van der Waals surface area contributed by atoms with Crippen molar-refractivity contribution in [2.45, 2.75) is 30.2 Å². The number of rotatable bonds is 3. The van der Waals surface area contributed by atoms with Gasteiger partial charge >= 0.3 is 0 Å². The van der Waals surface area contributed by atoms with Gasteiger partial charge in [0.15, 0.2) is 5.65 Å². The van der Waals surface area contributed by atoms with Crippen molar-refractivity contribution in [3.05, 3.63) is 51.8 Å². The lowest BCUT2D eigenvalue weighted by atomic mass is 9.88. The molecular formula is C16H14Cl2N4S. The van der Waals surface area contributed by atoms with Gasteiger partial charge in [0.25, 0.3) is 0 Å². The first-order chi connectivity index (χ1) is 11.2. The number of hydrogen-bond acceptors (Lipinski definition) is 4. The monoisotopic (exact) mass is 364 g/mol. The first-order valence-electron chi connectivity index (χ1n) is 7.38. The van der Waals surface area contributed by atoms with E-state index in [0.29, 0.717) is 16.1 Å². The van der Waals surface area contributed by atoms with E-state index in [1.165, 1.54) is 11.1 Å². The van der Waals surface area contributed by atoms with Crippen LogP contribution in [0.1, 0.15) is 17.5 Å². The Morgan fingerprint density at radius 2 is 2.17 bits per heavy atom. The zero-order valence-corrected chi connectivity index (χ0v) is 14.5. The van der Waals surface area contributed by atoms with Gasteiger partial charge in [-0.05, 0) is 60.5 Å². The van der Waals surface area contributed by atoms with Crippen LogP contribution in [0.4, 0.5) is 0 Å². The highest BCUT2D eigenvalue weighted by Crippen LogP contribution is 2.31. The van der Waals surface area contributed by atoms with Crippen LogP contribution >= 0.6 is 35.1 Å². The highest BCUT2D eigenvalue weighted by atomic mass is 35.5. The number of aryl methyl sites for hydroxylation is 1. The largest absolute Gasteiger partial charge is 0.261 e. The number of nitrogens with one attached hydrogen (secondary N) is 2. The molecule has 0 radical (unpaired) electrons. The van der Waals surface area contributed by atoms with E-state index < -0.39 is 0 Å². The van der Waals surface area contributed by atoms with Gasteiger partial charge < -0.3 is 0 Å². The van der Waals surface area contributed by atoms with Crippen LogP contribution in [0.5, 0.6) is 0 Å². The van der Waals surface area contributed by atoms with Gasteiger partial charge in [-0.3, -0.25) is 9.82 Å². The van der Waals surface area contributed by atoms with E-state index in [-0.39, 0.29) is 0 Å². The number of aromatic nitrogens is 3. The van der Waals surface area contributed by atoms with E-state index >= 15 is 0 Å². The minimum atomic E-state index is 0.383. The number of aromatic amines is 1. The molecule has 0 saturated heterocycles. The van der Waals surface area contributed by atoms with Crippen molar-refractivity contribution in [3.8, 4) is 0 Å². The highest BCUT2D eigenvalue weighted by Gasteiger charge is 2.21. The fraction of sp³-hybridized carbons (Fsp3) is 0.250. The fourth-order valence-corrected chi connectivity index (χ4v) is 4.27. The third-order valence-electron chi connectivity index (χ3n) is 4.12. The summed E-state index contributed by atoms with van der Waals surface area (Å²) in [5, 5.41) is 9.57. The van der Waals surface area contributed by atoms with Gasteiger partial charge in [-0.15, -0.1) is 0 Å². The van der Waals surface area contributed by atoms with Crippen LogP contribution in [0, 0.1) is 0 Å². The van der Waals surface area contributed by atoms with Crippen molar-refractivity contribution in [1.29, 1.82) is 0 Å². The summed E-state index contributed by atoms with van der Waals surface area (Å²) in [6.07, 6.45) is 6.88. The normalized spacial score (nSPS) is 17.4. The lowest BCUT2D eigenvalue weighted by molar-refractivity contribution is 0.547. The number of pyridine rings is 1. The van der Waals surface area contributed by atoms with E-state index in [1.807, 2.05) is 24.5 Å². The molecule has 0 fully saturated rings. The maximum absolute atomic E-state index is 6.21. The van der Waals surface area contributed by atoms with Crippen LogP contribution in [0.25, 0.3) is 11.0 Å². The number of hydrogen-bond donors (Lipinski definition) is 2. The van der Waals surface area contributed by atoms with Crippen LogP contribution in [0.2, 0.25) is 10.0 Å². The molecule has 23 heavy (non-hydrogen) atoms. The predicted molar refractivity (Wildman–Crippen MR) is 95.2 cm³/mol. The predicted octanol–water partition coefficient (Wildman–Crippen LogP) is 4.42.